The van der Waals surface area contributed by atoms with Crippen molar-refractivity contribution in [1.82, 2.24) is 0 Å². The van der Waals surface area contributed by atoms with Crippen molar-refractivity contribution < 1.29 is 14.5 Å². The average Bonchev–Trinajstić information content (AvgIpc) is 2.31. The quantitative estimate of drug-likeness (QED) is 0.369. The molecule has 5 nitrogen and oxygen atoms in total. The van der Waals surface area contributed by atoms with Crippen LogP contribution in [0.5, 0.6) is 0 Å². The molecule has 0 amide bonds. The highest BCUT2D eigenvalue weighted by molar-refractivity contribution is 6.43. The largest absolute Gasteiger partial charge is 0.462 e. The molecule has 1 aromatic rings. The minimum absolute atomic E-state index is 0.140. The van der Waals surface area contributed by atoms with Crippen LogP contribution in [-0.2, 0) is 9.53 Å². The summed E-state index contributed by atoms with van der Waals surface area (Å²) in [6.45, 7) is 1.83. The summed E-state index contributed by atoms with van der Waals surface area (Å²) in [7, 11) is 0. The molecule has 7 heteroatoms. The highest BCUT2D eigenvalue weighted by Crippen LogP contribution is 2.25. The summed E-state index contributed by atoms with van der Waals surface area (Å²) < 4.78 is 4.68. The first kappa shape index (κ1) is 14.5. The molecule has 0 unspecified atom stereocenters. The van der Waals surface area contributed by atoms with E-state index in [-0.39, 0.29) is 27.9 Å². The van der Waals surface area contributed by atoms with Crippen molar-refractivity contribution in [3.8, 4) is 0 Å². The third-order valence-corrected chi connectivity index (χ3v) is 2.55. The van der Waals surface area contributed by atoms with E-state index < -0.39 is 10.9 Å². The number of benzene rings is 1. The first-order valence-corrected chi connectivity index (χ1v) is 5.69. The molecule has 0 atom stereocenters. The Kier molecular flexibility index (Phi) is 5.12. The van der Waals surface area contributed by atoms with Gasteiger partial charge < -0.3 is 4.74 Å². The molecule has 0 aliphatic heterocycles. The number of non-ortho nitro benzene ring substituents is 1. The molecule has 0 fully saturated rings. The molecule has 0 radical (unpaired) electrons. The van der Waals surface area contributed by atoms with Crippen LogP contribution in [0, 0.1) is 10.1 Å². The van der Waals surface area contributed by atoms with Gasteiger partial charge in [0.1, 0.15) is 5.03 Å². The van der Waals surface area contributed by atoms with Crippen molar-refractivity contribution in [1.29, 1.82) is 0 Å². The summed E-state index contributed by atoms with van der Waals surface area (Å²) in [5.74, 6) is -0.707. The van der Waals surface area contributed by atoms with Gasteiger partial charge in [-0.2, -0.15) is 0 Å². The molecule has 0 aliphatic carbocycles. The van der Waals surface area contributed by atoms with Crippen LogP contribution in [0.4, 0.5) is 5.69 Å². The van der Waals surface area contributed by atoms with E-state index in [2.05, 4.69) is 4.74 Å². The lowest BCUT2D eigenvalue weighted by molar-refractivity contribution is -0.384. The van der Waals surface area contributed by atoms with E-state index in [1.807, 2.05) is 0 Å². The number of ether oxygens (including phenoxy) is 1. The van der Waals surface area contributed by atoms with Crippen molar-refractivity contribution in [3.63, 3.8) is 0 Å². The fourth-order valence-electron chi connectivity index (χ4n) is 1.15. The Balaban J connectivity index is 3.09. The van der Waals surface area contributed by atoms with Crippen molar-refractivity contribution in [3.05, 3.63) is 43.9 Å². The van der Waals surface area contributed by atoms with Crippen LogP contribution in [-0.4, -0.2) is 17.5 Å². The number of nitrogens with zero attached hydrogens (tertiary/aromatic N) is 1. The number of carbonyl (C=O) groups excluding carboxylic acids is 1. The topological polar surface area (TPSA) is 69.4 Å². The van der Waals surface area contributed by atoms with Crippen LogP contribution in [0.1, 0.15) is 12.5 Å². The van der Waals surface area contributed by atoms with Gasteiger partial charge in [-0.25, -0.2) is 4.79 Å². The molecule has 18 heavy (non-hydrogen) atoms. The monoisotopic (exact) mass is 289 g/mol. The molecule has 0 saturated heterocycles. The summed E-state index contributed by atoms with van der Waals surface area (Å²) in [6, 6.07) is 3.85. The lowest BCUT2D eigenvalue weighted by Gasteiger charge is -2.01. The first-order valence-electron chi connectivity index (χ1n) is 4.94. The third kappa shape index (κ3) is 3.72. The molecule has 0 bridgehead atoms. The lowest BCUT2D eigenvalue weighted by atomic mass is 10.2. The fraction of sp³-hybridized carbons (Fsp3) is 0.182. The third-order valence-electron chi connectivity index (χ3n) is 1.94. The van der Waals surface area contributed by atoms with Crippen LogP contribution < -0.4 is 0 Å². The van der Waals surface area contributed by atoms with Gasteiger partial charge in [-0.1, -0.05) is 23.2 Å². The SMILES string of the molecule is CCOC(=O)/C(Cl)=C\c1cc([N+](=O)[O-])ccc1Cl. The second-order valence-corrected chi connectivity index (χ2v) is 3.99. The molecule has 0 aliphatic rings. The van der Waals surface area contributed by atoms with Crippen molar-refractivity contribution in [2.45, 2.75) is 6.92 Å². The van der Waals surface area contributed by atoms with Gasteiger partial charge in [0.2, 0.25) is 0 Å². The van der Waals surface area contributed by atoms with Gasteiger partial charge in [-0.05, 0) is 19.1 Å². The number of hydrogen-bond acceptors (Lipinski definition) is 4. The smallest absolute Gasteiger partial charge is 0.349 e. The van der Waals surface area contributed by atoms with Crippen LogP contribution in [0.25, 0.3) is 6.08 Å². The number of carbonyl (C=O) groups is 1. The van der Waals surface area contributed by atoms with Crippen molar-refractivity contribution in [2.75, 3.05) is 6.61 Å². The number of halogens is 2. The van der Waals surface area contributed by atoms with E-state index in [9.17, 15) is 14.9 Å². The maximum Gasteiger partial charge on any atom is 0.349 e. The maximum atomic E-state index is 11.3. The highest BCUT2D eigenvalue weighted by Gasteiger charge is 2.12. The summed E-state index contributed by atoms with van der Waals surface area (Å²) >= 11 is 11.6. The minimum Gasteiger partial charge on any atom is -0.462 e. The van der Waals surface area contributed by atoms with Crippen molar-refractivity contribution in [2.24, 2.45) is 0 Å². The van der Waals surface area contributed by atoms with Gasteiger partial charge in [0.25, 0.3) is 5.69 Å². The van der Waals surface area contributed by atoms with Gasteiger partial charge in [0.15, 0.2) is 0 Å². The Morgan fingerprint density at radius 3 is 2.78 bits per heavy atom. The summed E-state index contributed by atoms with van der Waals surface area (Å²) in [5, 5.41) is 10.7. The number of nitro groups is 1. The number of nitro benzene ring substituents is 1. The molecular formula is C11H9Cl2NO4. The lowest BCUT2D eigenvalue weighted by Crippen LogP contribution is -2.03. The normalized spacial score (nSPS) is 11.2. The van der Waals surface area contributed by atoms with E-state index in [0.717, 1.165) is 0 Å². The highest BCUT2D eigenvalue weighted by atomic mass is 35.5. The molecule has 96 valence electrons. The molecule has 0 heterocycles. The van der Waals surface area contributed by atoms with Crippen LogP contribution >= 0.6 is 23.2 Å². The Morgan fingerprint density at radius 1 is 1.56 bits per heavy atom. The van der Waals surface area contributed by atoms with Gasteiger partial charge in [0, 0.05) is 22.7 Å². The molecule has 0 spiro atoms. The second-order valence-electron chi connectivity index (χ2n) is 3.18. The molecule has 0 N–H and O–H groups in total. The zero-order valence-corrected chi connectivity index (χ0v) is 10.9. The average molecular weight is 290 g/mol. The molecule has 0 saturated carbocycles. The summed E-state index contributed by atoms with van der Waals surface area (Å²) in [6.07, 6.45) is 1.23. The zero-order valence-electron chi connectivity index (χ0n) is 9.35. The van der Waals surface area contributed by atoms with Gasteiger partial charge in [0.05, 0.1) is 11.5 Å². The summed E-state index contributed by atoms with van der Waals surface area (Å²) in [4.78, 5) is 21.3. The molecule has 1 aromatic carbocycles. The van der Waals surface area contributed by atoms with Gasteiger partial charge in [-0.3, -0.25) is 10.1 Å². The van der Waals surface area contributed by atoms with Crippen LogP contribution in [0.15, 0.2) is 23.2 Å². The van der Waals surface area contributed by atoms with Gasteiger partial charge in [-0.15, -0.1) is 0 Å². The van der Waals surface area contributed by atoms with E-state index in [1.54, 1.807) is 6.92 Å². The fourth-order valence-corrected chi connectivity index (χ4v) is 1.50. The van der Waals surface area contributed by atoms with E-state index in [4.69, 9.17) is 23.2 Å². The maximum absolute atomic E-state index is 11.3. The van der Waals surface area contributed by atoms with Crippen LogP contribution in [0.2, 0.25) is 5.02 Å². The molecule has 0 aromatic heterocycles. The zero-order chi connectivity index (χ0) is 13.7. The predicted octanol–water partition coefficient (Wildman–Crippen LogP) is 3.39. The summed E-state index contributed by atoms with van der Waals surface area (Å²) in [5.41, 5.74) is 0.142. The second kappa shape index (κ2) is 6.37. The Morgan fingerprint density at radius 2 is 2.22 bits per heavy atom. The molecule has 1 rings (SSSR count). The Labute approximate surface area is 113 Å². The van der Waals surface area contributed by atoms with Gasteiger partial charge >= 0.3 is 5.97 Å². The number of hydrogen-bond donors (Lipinski definition) is 0. The minimum atomic E-state index is -0.707. The van der Waals surface area contributed by atoms with Crippen LogP contribution in [0.3, 0.4) is 0 Å². The first-order chi connectivity index (χ1) is 8.45. The number of esters is 1. The van der Waals surface area contributed by atoms with E-state index in [0.29, 0.717) is 0 Å². The Bertz CT molecular complexity index is 514. The Hall–Kier alpha value is -1.59. The number of rotatable bonds is 4. The van der Waals surface area contributed by atoms with E-state index >= 15 is 0 Å². The van der Waals surface area contributed by atoms with Crippen molar-refractivity contribution >= 4 is 40.9 Å². The predicted molar refractivity (Wildman–Crippen MR) is 68.6 cm³/mol. The molecular weight excluding hydrogens is 281 g/mol. The standard InChI is InChI=1S/C11H9Cl2NO4/c1-2-18-11(15)10(13)6-7-5-8(14(16)17)3-4-9(7)12/h3-6H,2H2,1H3/b10-6+. The van der Waals surface area contributed by atoms with E-state index in [1.165, 1.54) is 24.3 Å².